The van der Waals surface area contributed by atoms with Crippen molar-refractivity contribution in [2.45, 2.75) is 45.4 Å². The largest absolute Gasteiger partial charge is 0.481 e. The lowest BCUT2D eigenvalue weighted by Gasteiger charge is -2.19. The Morgan fingerprint density at radius 1 is 1.36 bits per heavy atom. The lowest BCUT2D eigenvalue weighted by molar-refractivity contribution is -0.142. The third-order valence-corrected chi connectivity index (χ3v) is 4.50. The Morgan fingerprint density at radius 3 is 2.82 bits per heavy atom. The molecule has 4 heteroatoms. The second kappa shape index (κ2) is 6.34. The van der Waals surface area contributed by atoms with Crippen molar-refractivity contribution >= 4 is 5.97 Å². The van der Waals surface area contributed by atoms with Crippen molar-refractivity contribution < 1.29 is 9.90 Å². The summed E-state index contributed by atoms with van der Waals surface area (Å²) < 4.78 is 1.97. The van der Waals surface area contributed by atoms with Crippen LogP contribution in [0, 0.1) is 5.92 Å². The van der Waals surface area contributed by atoms with Gasteiger partial charge in [-0.3, -0.25) is 4.79 Å². The van der Waals surface area contributed by atoms with Crippen LogP contribution < -0.4 is 0 Å². The Bertz CT molecular complexity index is 658. The van der Waals surface area contributed by atoms with Gasteiger partial charge in [-0.2, -0.15) is 5.10 Å². The summed E-state index contributed by atoms with van der Waals surface area (Å²) in [7, 11) is 0. The highest BCUT2D eigenvalue weighted by molar-refractivity contribution is 5.71. The third-order valence-electron chi connectivity index (χ3n) is 4.50. The van der Waals surface area contributed by atoms with Crippen molar-refractivity contribution in [3.8, 4) is 5.69 Å². The van der Waals surface area contributed by atoms with E-state index >= 15 is 0 Å². The molecule has 1 aliphatic rings. The molecule has 2 aromatic rings. The number of carboxylic acids is 1. The van der Waals surface area contributed by atoms with Gasteiger partial charge in [0.25, 0.3) is 0 Å². The number of unbranched alkanes of at least 4 members (excludes halogenated alkanes) is 1. The molecule has 116 valence electrons. The van der Waals surface area contributed by atoms with Gasteiger partial charge in [0, 0.05) is 5.69 Å². The van der Waals surface area contributed by atoms with Gasteiger partial charge in [-0.1, -0.05) is 25.5 Å². The molecule has 1 N–H and O–H groups in total. The zero-order valence-corrected chi connectivity index (χ0v) is 13.0. The maximum Gasteiger partial charge on any atom is 0.306 e. The van der Waals surface area contributed by atoms with Crippen LogP contribution in [0.3, 0.4) is 0 Å². The molecular formula is C18H22N2O2. The molecule has 0 saturated heterocycles. The second-order valence-electron chi connectivity index (χ2n) is 6.08. The number of aryl methyl sites for hydroxylation is 1. The number of rotatable bonds is 5. The minimum absolute atomic E-state index is 0.262. The highest BCUT2D eigenvalue weighted by atomic mass is 16.4. The zero-order valence-electron chi connectivity index (χ0n) is 13.0. The van der Waals surface area contributed by atoms with Crippen LogP contribution in [0.1, 0.15) is 43.0 Å². The van der Waals surface area contributed by atoms with Crippen molar-refractivity contribution in [1.29, 1.82) is 0 Å². The molecule has 0 saturated carbocycles. The number of carbonyl (C=O) groups is 1. The molecule has 22 heavy (non-hydrogen) atoms. The summed E-state index contributed by atoms with van der Waals surface area (Å²) in [5.74, 6) is -0.958. The third kappa shape index (κ3) is 2.91. The number of carboxylic acid groups (broad SMARTS) is 1. The first-order valence-corrected chi connectivity index (χ1v) is 8.07. The summed E-state index contributed by atoms with van der Waals surface area (Å²) in [4.78, 5) is 11.1. The lowest BCUT2D eigenvalue weighted by atomic mass is 9.88. The number of aliphatic carboxylic acids is 1. The number of fused-ring (bicyclic) bond motifs is 1. The van der Waals surface area contributed by atoms with Crippen LogP contribution in [0.15, 0.2) is 30.5 Å². The van der Waals surface area contributed by atoms with E-state index in [-0.39, 0.29) is 5.92 Å². The molecule has 1 heterocycles. The summed E-state index contributed by atoms with van der Waals surface area (Å²) in [6.07, 6.45) is 7.45. The Balaban J connectivity index is 1.80. The van der Waals surface area contributed by atoms with Gasteiger partial charge in [-0.25, -0.2) is 4.68 Å². The average molecular weight is 298 g/mol. The van der Waals surface area contributed by atoms with Gasteiger partial charge in [0.1, 0.15) is 0 Å². The van der Waals surface area contributed by atoms with Crippen LogP contribution in [0.4, 0.5) is 0 Å². The van der Waals surface area contributed by atoms with Crippen LogP contribution >= 0.6 is 0 Å². The molecule has 1 aromatic carbocycles. The minimum atomic E-state index is -0.696. The van der Waals surface area contributed by atoms with Gasteiger partial charge in [-0.05, 0) is 55.4 Å². The number of hydrogen-bond donors (Lipinski definition) is 1. The Morgan fingerprint density at radius 2 is 2.14 bits per heavy atom. The SMILES string of the molecule is CCCCc1ccc(-n2ncc3c2CCC(C(=O)O)C3)cc1. The van der Waals surface area contributed by atoms with E-state index in [1.54, 1.807) is 0 Å². The fourth-order valence-corrected chi connectivity index (χ4v) is 3.14. The quantitative estimate of drug-likeness (QED) is 0.920. The van der Waals surface area contributed by atoms with Crippen molar-refractivity contribution in [3.05, 3.63) is 47.3 Å². The Labute approximate surface area is 130 Å². The van der Waals surface area contributed by atoms with E-state index in [9.17, 15) is 4.79 Å². The summed E-state index contributed by atoms with van der Waals surface area (Å²) in [6, 6.07) is 8.56. The van der Waals surface area contributed by atoms with Crippen molar-refractivity contribution in [2.75, 3.05) is 0 Å². The molecule has 3 rings (SSSR count). The molecule has 0 fully saturated rings. The first kappa shape index (κ1) is 14.8. The number of nitrogens with zero attached hydrogens (tertiary/aromatic N) is 2. The topological polar surface area (TPSA) is 55.1 Å². The molecule has 1 aliphatic carbocycles. The molecule has 0 amide bonds. The first-order valence-electron chi connectivity index (χ1n) is 8.07. The van der Waals surface area contributed by atoms with Crippen molar-refractivity contribution in [3.63, 3.8) is 0 Å². The van der Waals surface area contributed by atoms with Crippen molar-refractivity contribution in [1.82, 2.24) is 9.78 Å². The lowest BCUT2D eigenvalue weighted by Crippen LogP contribution is -2.22. The van der Waals surface area contributed by atoms with Gasteiger partial charge in [0.15, 0.2) is 0 Å². The molecule has 0 bridgehead atoms. The monoisotopic (exact) mass is 298 g/mol. The fourth-order valence-electron chi connectivity index (χ4n) is 3.14. The van der Waals surface area contributed by atoms with E-state index in [1.165, 1.54) is 24.1 Å². The Kier molecular flexibility index (Phi) is 4.27. The van der Waals surface area contributed by atoms with Crippen LogP contribution in [0.5, 0.6) is 0 Å². The molecule has 1 aromatic heterocycles. The van der Waals surface area contributed by atoms with E-state index in [4.69, 9.17) is 5.11 Å². The number of aromatic nitrogens is 2. The predicted molar refractivity (Wildman–Crippen MR) is 85.3 cm³/mol. The maximum absolute atomic E-state index is 11.1. The van der Waals surface area contributed by atoms with Crippen LogP contribution in [0.2, 0.25) is 0 Å². The standard InChI is InChI=1S/C18H22N2O2/c1-2-3-4-13-5-8-16(9-6-13)20-17-10-7-14(18(21)22)11-15(17)12-19-20/h5-6,8-9,12,14H,2-4,7,10-11H2,1H3,(H,21,22). The highest BCUT2D eigenvalue weighted by Crippen LogP contribution is 2.27. The van der Waals surface area contributed by atoms with Crippen LogP contribution in [-0.2, 0) is 24.1 Å². The van der Waals surface area contributed by atoms with E-state index in [0.717, 1.165) is 24.1 Å². The summed E-state index contributed by atoms with van der Waals surface area (Å²) in [5.41, 5.74) is 4.67. The maximum atomic E-state index is 11.1. The minimum Gasteiger partial charge on any atom is -0.481 e. The van der Waals surface area contributed by atoms with Crippen LogP contribution in [0.25, 0.3) is 5.69 Å². The van der Waals surface area contributed by atoms with Gasteiger partial charge >= 0.3 is 5.97 Å². The number of benzene rings is 1. The Hall–Kier alpha value is -2.10. The zero-order chi connectivity index (χ0) is 15.5. The van der Waals surface area contributed by atoms with Gasteiger partial charge in [-0.15, -0.1) is 0 Å². The molecule has 1 atom stereocenters. The molecule has 0 spiro atoms. The summed E-state index contributed by atoms with van der Waals surface area (Å²) >= 11 is 0. The molecule has 1 unspecified atom stereocenters. The van der Waals surface area contributed by atoms with E-state index < -0.39 is 5.97 Å². The smallest absolute Gasteiger partial charge is 0.306 e. The molecule has 4 nitrogen and oxygen atoms in total. The predicted octanol–water partition coefficient (Wildman–Crippen LogP) is 3.40. The second-order valence-corrected chi connectivity index (χ2v) is 6.08. The van der Waals surface area contributed by atoms with E-state index in [1.807, 2.05) is 10.9 Å². The average Bonchev–Trinajstić information content (AvgIpc) is 2.96. The van der Waals surface area contributed by atoms with Gasteiger partial charge in [0.05, 0.1) is 17.8 Å². The summed E-state index contributed by atoms with van der Waals surface area (Å²) in [5, 5.41) is 13.6. The molecule has 0 radical (unpaired) electrons. The van der Waals surface area contributed by atoms with Gasteiger partial charge < -0.3 is 5.11 Å². The van der Waals surface area contributed by atoms with Crippen LogP contribution in [-0.4, -0.2) is 20.9 Å². The van der Waals surface area contributed by atoms with Crippen molar-refractivity contribution in [2.24, 2.45) is 5.92 Å². The summed E-state index contributed by atoms with van der Waals surface area (Å²) in [6.45, 7) is 2.20. The highest BCUT2D eigenvalue weighted by Gasteiger charge is 2.27. The molecular weight excluding hydrogens is 276 g/mol. The normalized spacial score (nSPS) is 17.2. The fraction of sp³-hybridized carbons (Fsp3) is 0.444. The van der Waals surface area contributed by atoms with E-state index in [2.05, 4.69) is 36.3 Å². The number of hydrogen-bond acceptors (Lipinski definition) is 2. The molecule has 0 aliphatic heterocycles. The van der Waals surface area contributed by atoms with Gasteiger partial charge in [0.2, 0.25) is 0 Å². The first-order chi connectivity index (χ1) is 10.7. The van der Waals surface area contributed by atoms with E-state index in [0.29, 0.717) is 12.8 Å².